The Morgan fingerprint density at radius 1 is 0.964 bits per heavy atom. The molecule has 142 valence electrons. The highest BCUT2D eigenvalue weighted by molar-refractivity contribution is 6.02. The van der Waals surface area contributed by atoms with Crippen LogP contribution in [0.15, 0.2) is 54.6 Å². The number of anilines is 1. The number of nitrogens with zero attached hydrogens (tertiary/aromatic N) is 1. The summed E-state index contributed by atoms with van der Waals surface area (Å²) in [6.45, 7) is 3.29. The number of hydrogen-bond acceptors (Lipinski definition) is 5. The molecule has 7 heteroatoms. The molecule has 0 saturated heterocycles. The molecule has 3 amide bonds. The van der Waals surface area contributed by atoms with Crippen LogP contribution in [0.25, 0.3) is 10.9 Å². The molecule has 1 heterocycles. The maximum atomic E-state index is 12.1. The first-order valence-corrected chi connectivity index (χ1v) is 8.63. The first kappa shape index (κ1) is 19.0. The molecule has 0 aliphatic heterocycles. The van der Waals surface area contributed by atoms with Crippen LogP contribution in [-0.2, 0) is 9.53 Å². The predicted molar refractivity (Wildman–Crippen MR) is 105 cm³/mol. The average Bonchev–Trinajstić information content (AvgIpc) is 2.68. The molecule has 2 aromatic carbocycles. The zero-order valence-corrected chi connectivity index (χ0v) is 15.5. The summed E-state index contributed by atoms with van der Waals surface area (Å²) < 4.78 is 4.93. The van der Waals surface area contributed by atoms with Crippen LogP contribution in [0.3, 0.4) is 0 Å². The fraction of sp³-hybridized carbons (Fsp3) is 0.143. The highest BCUT2D eigenvalue weighted by Crippen LogP contribution is 2.14. The van der Waals surface area contributed by atoms with Gasteiger partial charge < -0.3 is 10.1 Å². The van der Waals surface area contributed by atoms with Gasteiger partial charge in [0.25, 0.3) is 5.91 Å². The lowest BCUT2D eigenvalue weighted by Gasteiger charge is -2.09. The Kier molecular flexibility index (Phi) is 5.64. The molecule has 0 aliphatic rings. The summed E-state index contributed by atoms with van der Waals surface area (Å²) in [7, 11) is 0. The van der Waals surface area contributed by atoms with Crippen LogP contribution in [-0.4, -0.2) is 29.5 Å². The van der Waals surface area contributed by atoms with Gasteiger partial charge in [-0.05, 0) is 49.2 Å². The normalized spacial score (nSPS) is 10.4. The molecular formula is C21H19N3O4. The molecule has 28 heavy (non-hydrogen) atoms. The third-order valence-corrected chi connectivity index (χ3v) is 4.16. The van der Waals surface area contributed by atoms with E-state index in [1.54, 1.807) is 24.3 Å². The lowest BCUT2D eigenvalue weighted by Crippen LogP contribution is -2.37. The van der Waals surface area contributed by atoms with Crippen LogP contribution in [0.4, 0.5) is 10.5 Å². The Morgan fingerprint density at radius 2 is 1.75 bits per heavy atom. The zero-order valence-electron chi connectivity index (χ0n) is 15.5. The van der Waals surface area contributed by atoms with E-state index in [1.165, 1.54) is 6.07 Å². The average molecular weight is 377 g/mol. The van der Waals surface area contributed by atoms with E-state index in [4.69, 9.17) is 4.74 Å². The van der Waals surface area contributed by atoms with Crippen molar-refractivity contribution in [3.63, 3.8) is 0 Å². The lowest BCUT2D eigenvalue weighted by atomic mass is 10.1. The number of ether oxygens (including phenoxy) is 1. The summed E-state index contributed by atoms with van der Waals surface area (Å²) >= 11 is 0. The number of benzene rings is 2. The molecular weight excluding hydrogens is 358 g/mol. The second kappa shape index (κ2) is 8.30. The number of carbonyl (C=O) groups is 3. The van der Waals surface area contributed by atoms with Crippen molar-refractivity contribution in [3.05, 3.63) is 71.4 Å². The minimum Gasteiger partial charge on any atom is -0.451 e. The standard InChI is InChI=1S/C21H19N3O4/c1-13-7-9-16(11-14(13)2)22-21(27)24-19(25)12-28-20(26)18-10-8-15-5-3-4-6-17(15)23-18/h3-11H,12H2,1-2H3,(H2,22,24,25,27). The van der Waals surface area contributed by atoms with Crippen LogP contribution >= 0.6 is 0 Å². The van der Waals surface area contributed by atoms with Gasteiger partial charge in [-0.2, -0.15) is 0 Å². The Hall–Kier alpha value is -3.74. The maximum absolute atomic E-state index is 12.1. The number of esters is 1. The van der Waals surface area contributed by atoms with Crippen LogP contribution in [0.2, 0.25) is 0 Å². The molecule has 0 atom stereocenters. The minimum atomic E-state index is -0.740. The van der Waals surface area contributed by atoms with Gasteiger partial charge in [0.05, 0.1) is 5.52 Å². The summed E-state index contributed by atoms with van der Waals surface area (Å²) in [5.41, 5.74) is 3.41. The van der Waals surface area contributed by atoms with Crippen molar-refractivity contribution in [2.75, 3.05) is 11.9 Å². The molecule has 3 aromatic rings. The number of fused-ring (bicyclic) bond motifs is 1. The monoisotopic (exact) mass is 377 g/mol. The van der Waals surface area contributed by atoms with E-state index in [9.17, 15) is 14.4 Å². The largest absolute Gasteiger partial charge is 0.451 e. The van der Waals surface area contributed by atoms with E-state index in [-0.39, 0.29) is 5.69 Å². The number of aryl methyl sites for hydroxylation is 2. The third kappa shape index (κ3) is 4.70. The number of aromatic nitrogens is 1. The van der Waals surface area contributed by atoms with Crippen molar-refractivity contribution in [2.45, 2.75) is 13.8 Å². The van der Waals surface area contributed by atoms with Crippen LogP contribution in [0.5, 0.6) is 0 Å². The van der Waals surface area contributed by atoms with Crippen molar-refractivity contribution in [1.82, 2.24) is 10.3 Å². The highest BCUT2D eigenvalue weighted by Gasteiger charge is 2.14. The van der Waals surface area contributed by atoms with Crippen LogP contribution < -0.4 is 10.6 Å². The Labute approximate surface area is 161 Å². The molecule has 2 N–H and O–H groups in total. The number of carbonyl (C=O) groups excluding carboxylic acids is 3. The fourth-order valence-corrected chi connectivity index (χ4v) is 2.53. The van der Waals surface area contributed by atoms with Crippen molar-refractivity contribution in [2.24, 2.45) is 0 Å². The molecule has 7 nitrogen and oxygen atoms in total. The zero-order chi connectivity index (χ0) is 20.1. The molecule has 0 radical (unpaired) electrons. The second-order valence-corrected chi connectivity index (χ2v) is 6.27. The SMILES string of the molecule is Cc1ccc(NC(=O)NC(=O)COC(=O)c2ccc3ccccc3n2)cc1C. The van der Waals surface area contributed by atoms with Gasteiger partial charge in [-0.15, -0.1) is 0 Å². The van der Waals surface area contributed by atoms with E-state index in [0.29, 0.717) is 11.2 Å². The van der Waals surface area contributed by atoms with E-state index in [2.05, 4.69) is 15.6 Å². The van der Waals surface area contributed by atoms with Gasteiger partial charge in [0.15, 0.2) is 6.61 Å². The first-order valence-electron chi connectivity index (χ1n) is 8.63. The number of hydrogen-bond donors (Lipinski definition) is 2. The second-order valence-electron chi connectivity index (χ2n) is 6.27. The molecule has 3 rings (SSSR count). The van der Waals surface area contributed by atoms with Crippen molar-refractivity contribution >= 4 is 34.5 Å². The van der Waals surface area contributed by atoms with Crippen LogP contribution in [0.1, 0.15) is 21.6 Å². The Balaban J connectivity index is 1.51. The van der Waals surface area contributed by atoms with Gasteiger partial charge in [0, 0.05) is 11.1 Å². The van der Waals surface area contributed by atoms with Crippen molar-refractivity contribution in [3.8, 4) is 0 Å². The molecule has 0 saturated carbocycles. The van der Waals surface area contributed by atoms with Crippen molar-refractivity contribution in [1.29, 1.82) is 0 Å². The van der Waals surface area contributed by atoms with E-state index >= 15 is 0 Å². The fourth-order valence-electron chi connectivity index (χ4n) is 2.53. The minimum absolute atomic E-state index is 0.0890. The summed E-state index contributed by atoms with van der Waals surface area (Å²) in [6, 6.07) is 15.3. The number of pyridine rings is 1. The van der Waals surface area contributed by atoms with Gasteiger partial charge >= 0.3 is 12.0 Å². The molecule has 0 aliphatic carbocycles. The van der Waals surface area contributed by atoms with E-state index < -0.39 is 24.5 Å². The number of urea groups is 1. The first-order chi connectivity index (χ1) is 13.4. The van der Waals surface area contributed by atoms with Crippen LogP contribution in [0, 0.1) is 13.8 Å². The lowest BCUT2D eigenvalue weighted by molar-refractivity contribution is -0.123. The molecule has 0 spiro atoms. The van der Waals surface area contributed by atoms with Crippen molar-refractivity contribution < 1.29 is 19.1 Å². The number of para-hydroxylation sites is 1. The molecule has 1 aromatic heterocycles. The molecule has 0 bridgehead atoms. The quantitative estimate of drug-likeness (QED) is 0.680. The summed E-state index contributed by atoms with van der Waals surface area (Å²) in [5, 5.41) is 5.56. The van der Waals surface area contributed by atoms with E-state index in [1.807, 2.05) is 38.1 Å². The molecule has 0 unspecified atom stereocenters. The Morgan fingerprint density at radius 3 is 2.54 bits per heavy atom. The number of amides is 3. The maximum Gasteiger partial charge on any atom is 0.357 e. The van der Waals surface area contributed by atoms with Gasteiger partial charge in [-0.25, -0.2) is 14.6 Å². The van der Waals surface area contributed by atoms with Gasteiger partial charge in [0.1, 0.15) is 5.69 Å². The number of imide groups is 1. The summed E-state index contributed by atoms with van der Waals surface area (Å²) in [6.07, 6.45) is 0. The third-order valence-electron chi connectivity index (χ3n) is 4.16. The number of nitrogens with one attached hydrogen (secondary N) is 2. The van der Waals surface area contributed by atoms with Gasteiger partial charge in [-0.3, -0.25) is 10.1 Å². The predicted octanol–water partition coefficient (Wildman–Crippen LogP) is 3.36. The van der Waals surface area contributed by atoms with E-state index in [0.717, 1.165) is 16.5 Å². The van der Waals surface area contributed by atoms with Gasteiger partial charge in [0.2, 0.25) is 0 Å². The summed E-state index contributed by atoms with van der Waals surface area (Å²) in [4.78, 5) is 40.0. The Bertz CT molecular complexity index is 1060. The topological polar surface area (TPSA) is 97.4 Å². The summed E-state index contributed by atoms with van der Waals surface area (Å²) in [5.74, 6) is -1.48. The molecule has 0 fully saturated rings. The van der Waals surface area contributed by atoms with Gasteiger partial charge in [-0.1, -0.05) is 30.3 Å². The highest BCUT2D eigenvalue weighted by atomic mass is 16.5. The smallest absolute Gasteiger partial charge is 0.357 e. The number of rotatable bonds is 4.